The van der Waals surface area contributed by atoms with Gasteiger partial charge < -0.3 is 0 Å². The Morgan fingerprint density at radius 1 is 0.381 bits per heavy atom. The Kier molecular flexibility index (Phi) is 6.49. The molecule has 0 bridgehead atoms. The first-order chi connectivity index (χ1) is 9.45. The van der Waals surface area contributed by atoms with E-state index in [0.717, 1.165) is 0 Å². The van der Waals surface area contributed by atoms with Gasteiger partial charge in [0.1, 0.15) is 0 Å². The molecular formula is C18H17F2Si. The molecule has 0 unspecified atom stereocenters. The zero-order valence-corrected chi connectivity index (χ0v) is 12.5. The summed E-state index contributed by atoms with van der Waals surface area (Å²) < 4.78 is 0. The molecule has 0 spiro atoms. The molecule has 0 fully saturated rings. The van der Waals surface area contributed by atoms with Crippen molar-refractivity contribution >= 4 is 24.4 Å². The lowest BCUT2D eigenvalue weighted by Crippen LogP contribution is -2.51. The maximum Gasteiger partial charge on any atom is 0.154 e. The SMILES string of the molecule is F.F.c1ccc([Si](c2ccccc2)c2ccccc2)cc1. The van der Waals surface area contributed by atoms with Crippen molar-refractivity contribution in [2.75, 3.05) is 0 Å². The van der Waals surface area contributed by atoms with E-state index in [0.29, 0.717) is 0 Å². The van der Waals surface area contributed by atoms with Crippen LogP contribution < -0.4 is 15.6 Å². The van der Waals surface area contributed by atoms with Gasteiger partial charge in [-0.15, -0.1) is 0 Å². The van der Waals surface area contributed by atoms with Crippen LogP contribution in [0.15, 0.2) is 91.0 Å². The lowest BCUT2D eigenvalue weighted by molar-refractivity contribution is 1.11. The van der Waals surface area contributed by atoms with E-state index in [9.17, 15) is 0 Å². The fourth-order valence-corrected chi connectivity index (χ4v) is 4.89. The van der Waals surface area contributed by atoms with Crippen molar-refractivity contribution in [1.82, 2.24) is 0 Å². The summed E-state index contributed by atoms with van der Waals surface area (Å²) in [4.78, 5) is 0. The van der Waals surface area contributed by atoms with Gasteiger partial charge >= 0.3 is 0 Å². The van der Waals surface area contributed by atoms with Gasteiger partial charge in [0.25, 0.3) is 0 Å². The summed E-state index contributed by atoms with van der Waals surface area (Å²) in [5.41, 5.74) is 0. The van der Waals surface area contributed by atoms with Gasteiger partial charge in [-0.3, -0.25) is 9.41 Å². The van der Waals surface area contributed by atoms with Gasteiger partial charge in [0.05, 0.1) is 0 Å². The molecule has 0 aliphatic carbocycles. The molecular weight excluding hydrogens is 282 g/mol. The summed E-state index contributed by atoms with van der Waals surface area (Å²) in [6.07, 6.45) is 0. The van der Waals surface area contributed by atoms with Crippen LogP contribution in [0.25, 0.3) is 0 Å². The molecule has 0 saturated carbocycles. The van der Waals surface area contributed by atoms with Crippen LogP contribution in [0.1, 0.15) is 0 Å². The van der Waals surface area contributed by atoms with E-state index in [1.165, 1.54) is 15.6 Å². The average Bonchev–Trinajstić information content (AvgIpc) is 2.51. The third-order valence-electron chi connectivity index (χ3n) is 3.19. The first kappa shape index (κ1) is 16.8. The second-order valence-corrected chi connectivity index (χ2v) is 6.96. The maximum absolute atomic E-state index is 2.24. The van der Waals surface area contributed by atoms with Crippen molar-refractivity contribution in [1.29, 1.82) is 0 Å². The van der Waals surface area contributed by atoms with Crippen LogP contribution in [0.3, 0.4) is 0 Å². The highest BCUT2D eigenvalue weighted by atomic mass is 28.3. The van der Waals surface area contributed by atoms with Gasteiger partial charge in [0.15, 0.2) is 8.80 Å². The monoisotopic (exact) mass is 299 g/mol. The molecule has 0 N–H and O–H groups in total. The van der Waals surface area contributed by atoms with Gasteiger partial charge in [-0.25, -0.2) is 0 Å². The summed E-state index contributed by atoms with van der Waals surface area (Å²) in [6.45, 7) is 0. The van der Waals surface area contributed by atoms with E-state index in [-0.39, 0.29) is 9.41 Å². The van der Waals surface area contributed by atoms with E-state index in [4.69, 9.17) is 0 Å². The zero-order chi connectivity index (χ0) is 12.9. The van der Waals surface area contributed by atoms with Crippen LogP contribution in [0, 0.1) is 0 Å². The Bertz CT molecular complexity index is 533. The smallest absolute Gasteiger partial charge is 0.154 e. The van der Waals surface area contributed by atoms with E-state index >= 15 is 0 Å². The lowest BCUT2D eigenvalue weighted by atomic mass is 10.3. The summed E-state index contributed by atoms with van der Waals surface area (Å²) in [7, 11) is -0.877. The lowest BCUT2D eigenvalue weighted by Gasteiger charge is -2.16. The Balaban J connectivity index is 0.00000110. The van der Waals surface area contributed by atoms with Crippen molar-refractivity contribution in [3.63, 3.8) is 0 Å². The Morgan fingerprint density at radius 2 is 0.619 bits per heavy atom. The summed E-state index contributed by atoms with van der Waals surface area (Å²) in [6, 6.07) is 32.5. The number of rotatable bonds is 3. The number of benzene rings is 3. The minimum absolute atomic E-state index is 0. The minimum Gasteiger partial charge on any atom is -0.269 e. The van der Waals surface area contributed by atoms with Crippen molar-refractivity contribution in [3.8, 4) is 0 Å². The third-order valence-corrected chi connectivity index (χ3v) is 5.92. The normalized spacial score (nSPS) is 9.57. The van der Waals surface area contributed by atoms with Crippen LogP contribution in [-0.2, 0) is 0 Å². The highest BCUT2D eigenvalue weighted by molar-refractivity contribution is 6.95. The van der Waals surface area contributed by atoms with Gasteiger partial charge in [-0.05, 0) is 0 Å². The maximum atomic E-state index is 2.24. The molecule has 0 atom stereocenters. The van der Waals surface area contributed by atoms with Crippen LogP contribution in [0.5, 0.6) is 0 Å². The fourth-order valence-electron chi connectivity index (χ4n) is 2.31. The van der Waals surface area contributed by atoms with Gasteiger partial charge in [0, 0.05) is 0 Å². The highest BCUT2D eigenvalue weighted by Crippen LogP contribution is 1.95. The Labute approximate surface area is 125 Å². The average molecular weight is 299 g/mol. The molecule has 3 heteroatoms. The molecule has 0 aliphatic rings. The molecule has 3 rings (SSSR count). The predicted molar refractivity (Wildman–Crippen MR) is 89.0 cm³/mol. The van der Waals surface area contributed by atoms with Gasteiger partial charge in [-0.1, -0.05) is 107 Å². The molecule has 3 aromatic carbocycles. The molecule has 3 aromatic rings. The van der Waals surface area contributed by atoms with Crippen LogP contribution in [0.2, 0.25) is 0 Å². The van der Waals surface area contributed by atoms with E-state index in [1.807, 2.05) is 0 Å². The van der Waals surface area contributed by atoms with Crippen molar-refractivity contribution in [2.24, 2.45) is 0 Å². The summed E-state index contributed by atoms with van der Waals surface area (Å²) >= 11 is 0. The fraction of sp³-hybridized carbons (Fsp3) is 0. The first-order valence-electron chi connectivity index (χ1n) is 6.48. The predicted octanol–water partition coefficient (Wildman–Crippen LogP) is 2.51. The topological polar surface area (TPSA) is 0 Å². The Hall–Kier alpha value is -2.26. The van der Waals surface area contributed by atoms with E-state index in [1.54, 1.807) is 0 Å². The standard InChI is InChI=1S/C18H15Si.2FH/c1-4-10-16(11-5-1)19(17-12-6-2-7-13-17)18-14-8-3-9-15-18;;/h1-15H;2*1H. The molecule has 0 aliphatic heterocycles. The van der Waals surface area contributed by atoms with Crippen molar-refractivity contribution in [2.45, 2.75) is 0 Å². The number of hydrogen-bond donors (Lipinski definition) is 0. The minimum atomic E-state index is -0.877. The number of hydrogen-bond acceptors (Lipinski definition) is 0. The van der Waals surface area contributed by atoms with Crippen LogP contribution in [0.4, 0.5) is 9.41 Å². The van der Waals surface area contributed by atoms with E-state index in [2.05, 4.69) is 91.0 Å². The van der Waals surface area contributed by atoms with Crippen molar-refractivity contribution in [3.05, 3.63) is 91.0 Å². The molecule has 1 radical (unpaired) electrons. The molecule has 107 valence electrons. The van der Waals surface area contributed by atoms with Crippen LogP contribution >= 0.6 is 0 Å². The molecule has 0 nitrogen and oxygen atoms in total. The number of halogens is 2. The van der Waals surface area contributed by atoms with E-state index < -0.39 is 8.80 Å². The van der Waals surface area contributed by atoms with Crippen LogP contribution in [-0.4, -0.2) is 8.80 Å². The molecule has 0 amide bonds. The van der Waals surface area contributed by atoms with Crippen molar-refractivity contribution < 1.29 is 9.41 Å². The molecule has 0 saturated heterocycles. The quantitative estimate of drug-likeness (QED) is 0.515. The summed E-state index contributed by atoms with van der Waals surface area (Å²) in [5, 5.41) is 4.31. The molecule has 0 heterocycles. The largest absolute Gasteiger partial charge is 0.269 e. The molecule has 0 aromatic heterocycles. The zero-order valence-electron chi connectivity index (χ0n) is 11.5. The molecule has 21 heavy (non-hydrogen) atoms. The first-order valence-corrected chi connectivity index (χ1v) is 7.98. The highest BCUT2D eigenvalue weighted by Gasteiger charge is 2.18. The third kappa shape index (κ3) is 3.86. The Morgan fingerprint density at radius 3 is 0.857 bits per heavy atom. The second-order valence-electron chi connectivity index (χ2n) is 4.47. The summed E-state index contributed by atoms with van der Waals surface area (Å²) in [5.74, 6) is 0. The second kappa shape index (κ2) is 8.12. The van der Waals surface area contributed by atoms with Gasteiger partial charge in [-0.2, -0.15) is 0 Å². The van der Waals surface area contributed by atoms with Gasteiger partial charge in [0.2, 0.25) is 0 Å².